The molecule has 0 spiro atoms. The van der Waals surface area contributed by atoms with Gasteiger partial charge in [-0.3, -0.25) is 9.59 Å². The van der Waals surface area contributed by atoms with E-state index >= 15 is 0 Å². The first kappa shape index (κ1) is 23.1. The molecule has 34 heavy (non-hydrogen) atoms. The number of hydrazone groups is 1. The Hall–Kier alpha value is -4.07. The molecule has 0 bridgehead atoms. The molecule has 1 atom stereocenters. The van der Waals surface area contributed by atoms with Gasteiger partial charge in [0.05, 0.1) is 24.4 Å². The van der Waals surface area contributed by atoms with Crippen LogP contribution < -0.4 is 4.74 Å². The summed E-state index contributed by atoms with van der Waals surface area (Å²) in [7, 11) is 3.00. The van der Waals surface area contributed by atoms with E-state index < -0.39 is 23.7 Å². The predicted molar refractivity (Wildman–Crippen MR) is 123 cm³/mol. The second-order valence-electron chi connectivity index (χ2n) is 7.93. The number of methoxy groups -OCH3 is 1. The number of carbonyl (C=O) groups is 2. The summed E-state index contributed by atoms with van der Waals surface area (Å²) in [5, 5.41) is 5.87. The van der Waals surface area contributed by atoms with E-state index in [9.17, 15) is 18.4 Å². The molecular weight excluding hydrogens is 440 g/mol. The van der Waals surface area contributed by atoms with E-state index in [0.29, 0.717) is 23.4 Å². The van der Waals surface area contributed by atoms with Gasteiger partial charge in [-0.15, -0.1) is 0 Å². The summed E-state index contributed by atoms with van der Waals surface area (Å²) < 4.78 is 32.9. The molecule has 1 aliphatic heterocycles. The first-order valence-electron chi connectivity index (χ1n) is 10.7. The van der Waals surface area contributed by atoms with Crippen molar-refractivity contribution in [3.05, 3.63) is 101 Å². The van der Waals surface area contributed by atoms with Crippen LogP contribution in [0.4, 0.5) is 8.78 Å². The van der Waals surface area contributed by atoms with E-state index in [4.69, 9.17) is 4.74 Å². The van der Waals surface area contributed by atoms with E-state index in [1.807, 2.05) is 24.3 Å². The van der Waals surface area contributed by atoms with E-state index in [0.717, 1.165) is 10.5 Å². The number of nitrogens with zero attached hydrogens (tertiary/aromatic N) is 3. The van der Waals surface area contributed by atoms with Crippen LogP contribution in [0.5, 0.6) is 5.75 Å². The third kappa shape index (κ3) is 4.80. The van der Waals surface area contributed by atoms with Crippen LogP contribution in [0, 0.1) is 11.6 Å². The Kier molecular flexibility index (Phi) is 6.67. The van der Waals surface area contributed by atoms with Gasteiger partial charge in [-0.05, 0) is 42.0 Å². The van der Waals surface area contributed by atoms with Crippen molar-refractivity contribution in [1.29, 1.82) is 0 Å². The van der Waals surface area contributed by atoms with Gasteiger partial charge in [-0.2, -0.15) is 5.10 Å². The Morgan fingerprint density at radius 1 is 1.06 bits per heavy atom. The number of hydrogen-bond donors (Lipinski definition) is 0. The highest BCUT2D eigenvalue weighted by Gasteiger charge is 2.34. The summed E-state index contributed by atoms with van der Waals surface area (Å²) in [6.45, 7) is -0.306. The summed E-state index contributed by atoms with van der Waals surface area (Å²) in [5.74, 6) is -1.45. The normalized spacial score (nSPS) is 15.1. The summed E-state index contributed by atoms with van der Waals surface area (Å²) in [6.07, 6.45) is 0.398. The highest BCUT2D eigenvalue weighted by Crippen LogP contribution is 2.33. The molecule has 0 saturated heterocycles. The SMILES string of the molecule is COc1cccc(C2=NN(C(=O)CN(C)C(=O)c3ccccc3F)[C@H](c3ccc(F)cc3)C2)c1. The molecular formula is C26H23F2N3O3. The number of benzene rings is 3. The molecule has 0 aromatic heterocycles. The molecule has 4 rings (SSSR count). The lowest BCUT2D eigenvalue weighted by molar-refractivity contribution is -0.133. The van der Waals surface area contributed by atoms with Crippen molar-refractivity contribution in [2.24, 2.45) is 5.10 Å². The fraction of sp³-hybridized carbons (Fsp3) is 0.192. The molecule has 0 saturated carbocycles. The maximum Gasteiger partial charge on any atom is 0.262 e. The summed E-state index contributed by atoms with van der Waals surface area (Å²) in [4.78, 5) is 27.1. The van der Waals surface area contributed by atoms with Crippen LogP contribution in [0.25, 0.3) is 0 Å². The quantitative estimate of drug-likeness (QED) is 0.544. The highest BCUT2D eigenvalue weighted by molar-refractivity contribution is 6.04. The lowest BCUT2D eigenvalue weighted by Crippen LogP contribution is -2.39. The molecule has 8 heteroatoms. The number of halogens is 2. The molecule has 0 fully saturated rings. The minimum absolute atomic E-state index is 0.116. The third-order valence-corrected chi connectivity index (χ3v) is 5.65. The summed E-state index contributed by atoms with van der Waals surface area (Å²) in [5.41, 5.74) is 2.04. The Morgan fingerprint density at radius 3 is 2.50 bits per heavy atom. The van der Waals surface area contributed by atoms with Crippen LogP contribution in [0.3, 0.4) is 0 Å². The van der Waals surface area contributed by atoms with Gasteiger partial charge < -0.3 is 9.64 Å². The molecule has 174 valence electrons. The van der Waals surface area contributed by atoms with Crippen LogP contribution in [0.1, 0.15) is 33.9 Å². The summed E-state index contributed by atoms with van der Waals surface area (Å²) in [6, 6.07) is 18.3. The molecule has 6 nitrogen and oxygen atoms in total. The number of likely N-dealkylation sites (N-methyl/N-ethyl adjacent to an activating group) is 1. The van der Waals surface area contributed by atoms with Gasteiger partial charge in [0.15, 0.2) is 0 Å². The largest absolute Gasteiger partial charge is 0.497 e. The van der Waals surface area contributed by atoms with Crippen LogP contribution >= 0.6 is 0 Å². The fourth-order valence-corrected chi connectivity index (χ4v) is 3.85. The number of ether oxygens (including phenoxy) is 1. The second kappa shape index (κ2) is 9.82. The van der Waals surface area contributed by atoms with Crippen molar-refractivity contribution >= 4 is 17.5 Å². The first-order chi connectivity index (χ1) is 16.4. The number of rotatable bonds is 6. The molecule has 2 amide bonds. The highest BCUT2D eigenvalue weighted by atomic mass is 19.1. The topological polar surface area (TPSA) is 62.2 Å². The van der Waals surface area contributed by atoms with Gasteiger partial charge in [0, 0.05) is 19.0 Å². The maximum atomic E-state index is 14.0. The lowest BCUT2D eigenvalue weighted by atomic mass is 9.98. The van der Waals surface area contributed by atoms with Crippen molar-refractivity contribution in [2.45, 2.75) is 12.5 Å². The molecule has 0 radical (unpaired) electrons. The molecule has 0 unspecified atom stereocenters. The molecule has 3 aromatic rings. The van der Waals surface area contributed by atoms with E-state index in [-0.39, 0.29) is 17.9 Å². The van der Waals surface area contributed by atoms with Crippen molar-refractivity contribution in [2.75, 3.05) is 20.7 Å². The molecule has 0 N–H and O–H groups in total. The van der Waals surface area contributed by atoms with Crippen LogP contribution in [-0.4, -0.2) is 48.1 Å². The van der Waals surface area contributed by atoms with E-state index in [2.05, 4.69) is 5.10 Å². The predicted octanol–water partition coefficient (Wildman–Crippen LogP) is 4.42. The van der Waals surface area contributed by atoms with Gasteiger partial charge in [-0.25, -0.2) is 13.8 Å². The Bertz CT molecular complexity index is 1240. The van der Waals surface area contributed by atoms with Gasteiger partial charge in [0.1, 0.15) is 23.9 Å². The van der Waals surface area contributed by atoms with Gasteiger partial charge in [0.2, 0.25) is 0 Å². The van der Waals surface area contributed by atoms with E-state index in [1.165, 1.54) is 42.4 Å². The Morgan fingerprint density at radius 2 is 1.79 bits per heavy atom. The molecule has 1 heterocycles. The molecule has 3 aromatic carbocycles. The molecule has 1 aliphatic rings. The first-order valence-corrected chi connectivity index (χ1v) is 10.7. The number of hydrogen-bond acceptors (Lipinski definition) is 4. The molecule has 0 aliphatic carbocycles. The average Bonchev–Trinajstić information content (AvgIpc) is 3.30. The fourth-order valence-electron chi connectivity index (χ4n) is 3.85. The standard InChI is InChI=1S/C26H23F2N3O3/c1-30(26(33)21-8-3-4-9-22(21)28)16-25(32)31-24(17-10-12-19(27)13-11-17)15-23(29-31)18-6-5-7-20(14-18)34-2/h3-14,24H,15-16H2,1-2H3/t24-/m0/s1. The van der Waals surface area contributed by atoms with E-state index in [1.54, 1.807) is 25.3 Å². The van der Waals surface area contributed by atoms with Gasteiger partial charge in [0.25, 0.3) is 11.8 Å². The second-order valence-corrected chi connectivity index (χ2v) is 7.93. The number of amides is 2. The zero-order chi connectivity index (χ0) is 24.2. The maximum absolute atomic E-state index is 14.0. The summed E-state index contributed by atoms with van der Waals surface area (Å²) >= 11 is 0. The van der Waals surface area contributed by atoms with Crippen molar-refractivity contribution in [1.82, 2.24) is 9.91 Å². The minimum atomic E-state index is -0.657. The van der Waals surface area contributed by atoms with Crippen LogP contribution in [0.15, 0.2) is 77.9 Å². The zero-order valence-electron chi connectivity index (χ0n) is 18.7. The van der Waals surface area contributed by atoms with Crippen molar-refractivity contribution < 1.29 is 23.1 Å². The van der Waals surface area contributed by atoms with Gasteiger partial charge in [-0.1, -0.05) is 36.4 Å². The lowest BCUT2D eigenvalue weighted by Gasteiger charge is -2.25. The van der Waals surface area contributed by atoms with Crippen molar-refractivity contribution in [3.63, 3.8) is 0 Å². The number of carbonyl (C=O) groups excluding carboxylic acids is 2. The third-order valence-electron chi connectivity index (χ3n) is 5.65. The zero-order valence-corrected chi connectivity index (χ0v) is 18.7. The minimum Gasteiger partial charge on any atom is -0.497 e. The Labute approximate surface area is 196 Å². The monoisotopic (exact) mass is 463 g/mol. The van der Waals surface area contributed by atoms with Crippen LogP contribution in [0.2, 0.25) is 0 Å². The van der Waals surface area contributed by atoms with Crippen LogP contribution in [-0.2, 0) is 4.79 Å². The average molecular weight is 463 g/mol. The Balaban J connectivity index is 1.61. The van der Waals surface area contributed by atoms with Crippen molar-refractivity contribution in [3.8, 4) is 5.75 Å². The van der Waals surface area contributed by atoms with Gasteiger partial charge >= 0.3 is 0 Å². The smallest absolute Gasteiger partial charge is 0.262 e.